The molecule has 0 fully saturated rings. The van der Waals surface area contributed by atoms with Gasteiger partial charge in [-0.25, -0.2) is 0 Å². The number of aliphatic carboxylic acids is 1. The number of carboxylic acid groups (broad SMARTS) is 1. The summed E-state index contributed by atoms with van der Waals surface area (Å²) >= 11 is 0. The van der Waals surface area contributed by atoms with Gasteiger partial charge in [-0.3, -0.25) is 4.79 Å². The summed E-state index contributed by atoms with van der Waals surface area (Å²) in [6.07, 6.45) is 34.3. The fourth-order valence-electron chi connectivity index (χ4n) is 7.92. The molecule has 1 aliphatic rings. The van der Waals surface area contributed by atoms with Gasteiger partial charge in [0.2, 0.25) is 0 Å². The maximum Gasteiger partial charge on any atom is 0.303 e. The number of fused-ring (bicyclic) bond motifs is 1. The van der Waals surface area contributed by atoms with Gasteiger partial charge >= 0.3 is 5.97 Å². The Balaban J connectivity index is 0.000000564. The van der Waals surface area contributed by atoms with Crippen molar-refractivity contribution < 1.29 is 19.7 Å². The summed E-state index contributed by atoms with van der Waals surface area (Å²) in [7, 11) is 0. The lowest BCUT2D eigenvalue weighted by Crippen LogP contribution is -2.37. The van der Waals surface area contributed by atoms with E-state index in [4.69, 9.17) is 9.84 Å². The molecule has 298 valence electrons. The van der Waals surface area contributed by atoms with Crippen LogP contribution < -0.4 is 4.74 Å². The summed E-state index contributed by atoms with van der Waals surface area (Å²) in [6, 6.07) is 0. The lowest BCUT2D eigenvalue weighted by atomic mass is 9.84. The maximum atomic E-state index is 10.4. The monoisotopic (exact) mass is 715 g/mol. The number of carbonyl (C=O) groups is 1. The number of unbranched alkanes of at least 4 members (excludes halogenated alkanes) is 14. The van der Waals surface area contributed by atoms with E-state index in [0.717, 1.165) is 72.3 Å². The topological polar surface area (TPSA) is 66.8 Å². The summed E-state index contributed by atoms with van der Waals surface area (Å²) in [4.78, 5) is 10.3. The van der Waals surface area contributed by atoms with Crippen LogP contribution in [0.3, 0.4) is 0 Å². The van der Waals surface area contributed by atoms with E-state index in [9.17, 15) is 9.90 Å². The normalized spacial score (nSPS) is 16.7. The number of hydrogen-bond acceptors (Lipinski definition) is 3. The number of phenolic OH excluding ortho intramolecular Hbond substituents is 1. The number of benzene rings is 1. The maximum absolute atomic E-state index is 10.4. The molecule has 2 N–H and O–H groups in total. The van der Waals surface area contributed by atoms with Crippen LogP contribution in [0.25, 0.3) is 0 Å². The Morgan fingerprint density at radius 3 is 1.57 bits per heavy atom. The Kier molecular flexibility index (Phi) is 25.8. The van der Waals surface area contributed by atoms with Crippen molar-refractivity contribution >= 4 is 5.97 Å². The largest absolute Gasteiger partial charge is 0.507 e. The summed E-state index contributed by atoms with van der Waals surface area (Å²) in [5.41, 5.74) is 4.23. The molecule has 0 radical (unpaired) electrons. The van der Waals surface area contributed by atoms with Crippen molar-refractivity contribution in [2.45, 2.75) is 241 Å². The van der Waals surface area contributed by atoms with Crippen molar-refractivity contribution in [1.29, 1.82) is 0 Å². The molecule has 0 bridgehead atoms. The molecule has 3 atom stereocenters. The molecule has 1 aromatic rings. The van der Waals surface area contributed by atoms with Crippen molar-refractivity contribution in [2.24, 2.45) is 17.8 Å². The highest BCUT2D eigenvalue weighted by Gasteiger charge is 2.34. The first-order valence-corrected chi connectivity index (χ1v) is 22.0. The molecule has 2 rings (SSSR count). The average molecular weight is 715 g/mol. The molecule has 0 amide bonds. The lowest BCUT2D eigenvalue weighted by Gasteiger charge is -2.38. The zero-order valence-corrected chi connectivity index (χ0v) is 35.5. The molecule has 1 aromatic carbocycles. The van der Waals surface area contributed by atoms with Gasteiger partial charge in [0.05, 0.1) is 0 Å². The zero-order valence-electron chi connectivity index (χ0n) is 35.5. The van der Waals surface area contributed by atoms with Crippen LogP contribution in [0.2, 0.25) is 0 Å². The molecule has 51 heavy (non-hydrogen) atoms. The second-order valence-electron chi connectivity index (χ2n) is 17.5. The van der Waals surface area contributed by atoms with E-state index in [1.165, 1.54) is 140 Å². The van der Waals surface area contributed by atoms with Gasteiger partial charge in [-0.15, -0.1) is 0 Å². The minimum absolute atomic E-state index is 0.0712. The van der Waals surface area contributed by atoms with Crippen LogP contribution in [-0.4, -0.2) is 21.8 Å². The second-order valence-corrected chi connectivity index (χ2v) is 17.5. The summed E-state index contributed by atoms with van der Waals surface area (Å²) in [5.74, 6) is 3.38. The molecule has 0 saturated carbocycles. The first-order chi connectivity index (χ1) is 24.3. The van der Waals surface area contributed by atoms with Crippen LogP contribution in [0.1, 0.15) is 231 Å². The van der Waals surface area contributed by atoms with E-state index in [1.54, 1.807) is 0 Å². The molecule has 0 aliphatic carbocycles. The van der Waals surface area contributed by atoms with Crippen LogP contribution in [0.4, 0.5) is 0 Å². The second kappa shape index (κ2) is 27.8. The van der Waals surface area contributed by atoms with Crippen LogP contribution in [-0.2, 0) is 11.2 Å². The molecule has 0 saturated heterocycles. The molecule has 4 nitrogen and oxygen atoms in total. The van der Waals surface area contributed by atoms with Crippen LogP contribution in [0.15, 0.2) is 0 Å². The van der Waals surface area contributed by atoms with Gasteiger partial charge in [0.15, 0.2) is 0 Å². The highest BCUT2D eigenvalue weighted by Crippen LogP contribution is 2.44. The molecule has 0 aromatic heterocycles. The fraction of sp³-hybridized carbons (Fsp3) is 0.851. The van der Waals surface area contributed by atoms with E-state index in [0.29, 0.717) is 12.2 Å². The Morgan fingerprint density at radius 1 is 0.647 bits per heavy atom. The van der Waals surface area contributed by atoms with Gasteiger partial charge in [0, 0.05) is 12.0 Å². The van der Waals surface area contributed by atoms with Crippen LogP contribution >= 0.6 is 0 Å². The number of aromatic hydroxyl groups is 1. The Morgan fingerprint density at radius 2 is 1.10 bits per heavy atom. The third-order valence-corrected chi connectivity index (χ3v) is 11.9. The van der Waals surface area contributed by atoms with Crippen molar-refractivity contribution in [3.8, 4) is 11.5 Å². The number of phenols is 1. The smallest absolute Gasteiger partial charge is 0.303 e. The van der Waals surface area contributed by atoms with Crippen LogP contribution in [0, 0.1) is 38.5 Å². The SMILES string of the molecule is CCCCCCCCCCCCCCCCCC(=O)O.Cc1c(C)c2c(c(C)c1O)CC[C@@](C)(CCC[C@H](C)CCC[C@H](C)CCCC(C)C)O2. The standard InChI is InChI=1S/C29H50O2.C18H36O2/c1-20(2)12-9-13-21(3)14-10-15-22(4)16-11-18-29(8)19-17-26-25(7)27(30)23(5)24(6)28(26)31-29;1-2-3-4-5-6-7-8-9-10-11-12-13-14-15-16-17-18(19)20/h20-22,30H,9-19H2,1-8H3;2-17H2,1H3,(H,19,20)/t21-,22-,29-;/m1./s1. The molecular formula is C47H86O4. The highest BCUT2D eigenvalue weighted by atomic mass is 16.5. The first kappa shape index (κ1) is 47.3. The summed E-state index contributed by atoms with van der Waals surface area (Å²) in [6.45, 7) is 20.2. The molecule has 0 spiro atoms. The Bertz CT molecular complexity index is 1050. The average Bonchev–Trinajstić information content (AvgIpc) is 3.08. The quantitative estimate of drug-likeness (QED) is 0.0848. The molecular weight excluding hydrogens is 629 g/mol. The van der Waals surface area contributed by atoms with Crippen LogP contribution in [0.5, 0.6) is 11.5 Å². The summed E-state index contributed by atoms with van der Waals surface area (Å²) < 4.78 is 6.60. The van der Waals surface area contributed by atoms with E-state index < -0.39 is 5.97 Å². The van der Waals surface area contributed by atoms with Gasteiger partial charge in [-0.05, 0) is 94.2 Å². The fourth-order valence-corrected chi connectivity index (χ4v) is 7.92. The van der Waals surface area contributed by atoms with Crippen molar-refractivity contribution in [2.75, 3.05) is 0 Å². The van der Waals surface area contributed by atoms with Gasteiger partial charge in [0.25, 0.3) is 0 Å². The number of hydrogen-bond donors (Lipinski definition) is 2. The zero-order chi connectivity index (χ0) is 38.1. The van der Waals surface area contributed by atoms with E-state index in [2.05, 4.69) is 48.5 Å². The predicted molar refractivity (Wildman–Crippen MR) is 222 cm³/mol. The molecule has 4 heteroatoms. The van der Waals surface area contributed by atoms with Gasteiger partial charge in [-0.1, -0.05) is 169 Å². The molecule has 0 unspecified atom stereocenters. The highest BCUT2D eigenvalue weighted by molar-refractivity contribution is 5.66. The van der Waals surface area contributed by atoms with Gasteiger partial charge < -0.3 is 14.9 Å². The minimum Gasteiger partial charge on any atom is -0.507 e. The first-order valence-electron chi connectivity index (χ1n) is 22.0. The summed E-state index contributed by atoms with van der Waals surface area (Å²) in [5, 5.41) is 18.9. The molecule has 1 aliphatic heterocycles. The predicted octanol–water partition coefficient (Wildman–Crippen LogP) is 15.2. The lowest BCUT2D eigenvalue weighted by molar-refractivity contribution is -0.137. The third-order valence-electron chi connectivity index (χ3n) is 11.9. The van der Waals surface area contributed by atoms with E-state index >= 15 is 0 Å². The number of carboxylic acids is 1. The van der Waals surface area contributed by atoms with Crippen molar-refractivity contribution in [3.05, 3.63) is 22.3 Å². The minimum atomic E-state index is -0.653. The van der Waals surface area contributed by atoms with Gasteiger partial charge in [0.1, 0.15) is 17.1 Å². The Hall–Kier alpha value is -1.71. The number of rotatable bonds is 28. The van der Waals surface area contributed by atoms with E-state index in [-0.39, 0.29) is 5.60 Å². The van der Waals surface area contributed by atoms with E-state index in [1.807, 2.05) is 13.8 Å². The van der Waals surface area contributed by atoms with Gasteiger partial charge in [-0.2, -0.15) is 0 Å². The number of ether oxygens (including phenoxy) is 1. The molecule has 1 heterocycles. The van der Waals surface area contributed by atoms with Crippen molar-refractivity contribution in [1.82, 2.24) is 0 Å². The van der Waals surface area contributed by atoms with Crippen molar-refractivity contribution in [3.63, 3.8) is 0 Å². The third kappa shape index (κ3) is 21.6. The Labute approximate surface area is 317 Å².